The molecule has 18 heavy (non-hydrogen) atoms. The van der Waals surface area contributed by atoms with Crippen LogP contribution in [-0.4, -0.2) is 27.7 Å². The van der Waals surface area contributed by atoms with Gasteiger partial charge in [-0.2, -0.15) is 5.10 Å². The van der Waals surface area contributed by atoms with Crippen molar-refractivity contribution in [2.45, 2.75) is 20.8 Å². The van der Waals surface area contributed by atoms with Crippen LogP contribution in [0.2, 0.25) is 0 Å². The fourth-order valence-corrected chi connectivity index (χ4v) is 1.86. The summed E-state index contributed by atoms with van der Waals surface area (Å²) in [5.41, 5.74) is 4.36. The van der Waals surface area contributed by atoms with Crippen molar-refractivity contribution in [1.82, 2.24) is 14.6 Å². The molecule has 2 aromatic heterocycles. The van der Waals surface area contributed by atoms with Gasteiger partial charge in [0.25, 0.3) is 0 Å². The van der Waals surface area contributed by atoms with E-state index in [0.29, 0.717) is 0 Å². The molecular weight excluding hydrogens is 230 g/mol. The lowest BCUT2D eigenvalue weighted by Gasteiger charge is -2.00. The Morgan fingerprint density at radius 1 is 1.39 bits per heavy atom. The van der Waals surface area contributed by atoms with Gasteiger partial charge >= 0.3 is 5.97 Å². The van der Waals surface area contributed by atoms with Gasteiger partial charge in [-0.3, -0.25) is 0 Å². The van der Waals surface area contributed by atoms with Crippen LogP contribution in [-0.2, 0) is 9.53 Å². The molecule has 0 N–H and O–H groups in total. The molecule has 5 nitrogen and oxygen atoms in total. The molecule has 0 aliphatic rings. The van der Waals surface area contributed by atoms with Crippen molar-refractivity contribution >= 4 is 17.7 Å². The number of hydrogen-bond donors (Lipinski definition) is 0. The van der Waals surface area contributed by atoms with Crippen molar-refractivity contribution in [3.8, 4) is 0 Å². The molecule has 0 spiro atoms. The van der Waals surface area contributed by atoms with E-state index in [0.717, 1.165) is 28.3 Å². The summed E-state index contributed by atoms with van der Waals surface area (Å²) in [5.74, 6) is -0.391. The second-order valence-electron chi connectivity index (χ2n) is 4.13. The third-order valence-corrected chi connectivity index (χ3v) is 2.70. The summed E-state index contributed by atoms with van der Waals surface area (Å²) >= 11 is 0. The SMILES string of the molecule is COC(=O)/C=C/c1c(C)nn2c(C)cc(C)nc12. The first-order chi connectivity index (χ1) is 8.52. The van der Waals surface area contributed by atoms with Crippen LogP contribution in [0.25, 0.3) is 11.7 Å². The number of aromatic nitrogens is 3. The minimum absolute atomic E-state index is 0.391. The maximum atomic E-state index is 11.1. The number of carbonyl (C=O) groups is 1. The lowest BCUT2D eigenvalue weighted by molar-refractivity contribution is -0.134. The molecular formula is C13H15N3O2. The summed E-state index contributed by atoms with van der Waals surface area (Å²) in [6, 6.07) is 1.97. The van der Waals surface area contributed by atoms with Crippen molar-refractivity contribution in [2.24, 2.45) is 0 Å². The molecule has 2 heterocycles. The van der Waals surface area contributed by atoms with E-state index < -0.39 is 5.97 Å². The van der Waals surface area contributed by atoms with E-state index in [4.69, 9.17) is 0 Å². The molecule has 0 radical (unpaired) electrons. The molecule has 2 rings (SSSR count). The molecule has 0 unspecified atom stereocenters. The Balaban J connectivity index is 2.60. The van der Waals surface area contributed by atoms with Gasteiger partial charge in [0.05, 0.1) is 12.8 Å². The van der Waals surface area contributed by atoms with Crippen LogP contribution in [0.5, 0.6) is 0 Å². The Morgan fingerprint density at radius 3 is 2.78 bits per heavy atom. The Hall–Kier alpha value is -2.17. The van der Waals surface area contributed by atoms with E-state index in [1.54, 1.807) is 10.6 Å². The zero-order valence-electron chi connectivity index (χ0n) is 10.9. The predicted molar refractivity (Wildman–Crippen MR) is 68.2 cm³/mol. The Labute approximate surface area is 105 Å². The number of esters is 1. The van der Waals surface area contributed by atoms with E-state index in [-0.39, 0.29) is 0 Å². The second kappa shape index (κ2) is 4.60. The van der Waals surface area contributed by atoms with E-state index in [1.807, 2.05) is 26.8 Å². The summed E-state index contributed by atoms with van der Waals surface area (Å²) in [6.07, 6.45) is 3.07. The Kier molecular flexibility index (Phi) is 3.14. The van der Waals surface area contributed by atoms with Crippen molar-refractivity contribution < 1.29 is 9.53 Å². The lowest BCUT2D eigenvalue weighted by atomic mass is 10.2. The number of ether oxygens (including phenoxy) is 1. The number of methoxy groups -OCH3 is 1. The second-order valence-corrected chi connectivity index (χ2v) is 4.13. The Bertz CT molecular complexity index is 641. The molecule has 94 valence electrons. The first kappa shape index (κ1) is 12.3. The first-order valence-corrected chi connectivity index (χ1v) is 5.62. The quantitative estimate of drug-likeness (QED) is 0.598. The first-order valence-electron chi connectivity index (χ1n) is 5.62. The number of nitrogens with zero attached hydrogens (tertiary/aromatic N) is 3. The minimum atomic E-state index is -0.391. The molecule has 0 amide bonds. The highest BCUT2D eigenvalue weighted by Crippen LogP contribution is 2.17. The fraction of sp³-hybridized carbons (Fsp3) is 0.308. The van der Waals surface area contributed by atoms with Gasteiger partial charge in [-0.15, -0.1) is 0 Å². The summed E-state index contributed by atoms with van der Waals surface area (Å²) in [4.78, 5) is 15.6. The van der Waals surface area contributed by atoms with Crippen LogP contribution >= 0.6 is 0 Å². The predicted octanol–water partition coefficient (Wildman–Crippen LogP) is 1.84. The fourth-order valence-electron chi connectivity index (χ4n) is 1.86. The van der Waals surface area contributed by atoms with Gasteiger partial charge in [-0.25, -0.2) is 14.3 Å². The zero-order chi connectivity index (χ0) is 13.3. The van der Waals surface area contributed by atoms with E-state index in [1.165, 1.54) is 13.2 Å². The van der Waals surface area contributed by atoms with Crippen LogP contribution in [0.15, 0.2) is 12.1 Å². The highest BCUT2D eigenvalue weighted by Gasteiger charge is 2.10. The monoisotopic (exact) mass is 245 g/mol. The molecule has 0 bridgehead atoms. The molecule has 0 aromatic carbocycles. The van der Waals surface area contributed by atoms with Crippen molar-refractivity contribution in [3.63, 3.8) is 0 Å². The van der Waals surface area contributed by atoms with E-state index >= 15 is 0 Å². The molecule has 2 aromatic rings. The smallest absolute Gasteiger partial charge is 0.330 e. The van der Waals surface area contributed by atoms with Crippen molar-refractivity contribution in [3.05, 3.63) is 34.8 Å². The summed E-state index contributed by atoms with van der Waals surface area (Å²) < 4.78 is 6.35. The van der Waals surface area contributed by atoms with Crippen LogP contribution in [0.4, 0.5) is 0 Å². The minimum Gasteiger partial charge on any atom is -0.466 e. The van der Waals surface area contributed by atoms with Crippen LogP contribution in [0, 0.1) is 20.8 Å². The molecule has 0 saturated carbocycles. The maximum Gasteiger partial charge on any atom is 0.330 e. The number of carbonyl (C=O) groups excluding carboxylic acids is 1. The number of fused-ring (bicyclic) bond motifs is 1. The number of rotatable bonds is 2. The molecule has 5 heteroatoms. The average molecular weight is 245 g/mol. The Morgan fingerprint density at radius 2 is 2.11 bits per heavy atom. The highest BCUT2D eigenvalue weighted by atomic mass is 16.5. The van der Waals surface area contributed by atoms with Gasteiger partial charge in [0, 0.05) is 23.0 Å². The zero-order valence-corrected chi connectivity index (χ0v) is 10.9. The van der Waals surface area contributed by atoms with Gasteiger partial charge < -0.3 is 4.74 Å². The van der Waals surface area contributed by atoms with Crippen LogP contribution < -0.4 is 0 Å². The van der Waals surface area contributed by atoms with E-state index in [2.05, 4.69) is 14.8 Å². The number of hydrogen-bond acceptors (Lipinski definition) is 4. The van der Waals surface area contributed by atoms with Gasteiger partial charge in [-0.1, -0.05) is 0 Å². The maximum absolute atomic E-state index is 11.1. The lowest BCUT2D eigenvalue weighted by Crippen LogP contribution is -1.97. The topological polar surface area (TPSA) is 56.5 Å². The average Bonchev–Trinajstić information content (AvgIpc) is 2.63. The van der Waals surface area contributed by atoms with E-state index in [9.17, 15) is 4.79 Å². The van der Waals surface area contributed by atoms with Crippen molar-refractivity contribution in [2.75, 3.05) is 7.11 Å². The normalized spacial score (nSPS) is 11.3. The molecule has 0 aliphatic carbocycles. The van der Waals surface area contributed by atoms with Gasteiger partial charge in [0.1, 0.15) is 0 Å². The third kappa shape index (κ3) is 2.11. The number of aryl methyl sites for hydroxylation is 3. The molecule has 0 aliphatic heterocycles. The standard InChI is InChI=1S/C13H15N3O2/c1-8-7-9(2)16-13(14-8)11(10(3)15-16)5-6-12(17)18-4/h5-7H,1-4H3/b6-5+. The van der Waals surface area contributed by atoms with Gasteiger partial charge in [-0.05, 0) is 32.9 Å². The third-order valence-electron chi connectivity index (χ3n) is 2.70. The highest BCUT2D eigenvalue weighted by molar-refractivity contribution is 5.88. The van der Waals surface area contributed by atoms with Gasteiger partial charge in [0.2, 0.25) is 0 Å². The van der Waals surface area contributed by atoms with Crippen LogP contribution in [0.1, 0.15) is 22.6 Å². The molecule has 0 saturated heterocycles. The molecule has 0 fully saturated rings. The van der Waals surface area contributed by atoms with Crippen molar-refractivity contribution in [1.29, 1.82) is 0 Å². The molecule has 0 atom stereocenters. The summed E-state index contributed by atoms with van der Waals surface area (Å²) in [7, 11) is 1.35. The van der Waals surface area contributed by atoms with Gasteiger partial charge in [0.15, 0.2) is 5.65 Å². The summed E-state index contributed by atoms with van der Waals surface area (Å²) in [5, 5.41) is 4.41. The largest absolute Gasteiger partial charge is 0.466 e. The summed E-state index contributed by atoms with van der Waals surface area (Å²) in [6.45, 7) is 5.80. The van der Waals surface area contributed by atoms with Crippen LogP contribution in [0.3, 0.4) is 0 Å².